The summed E-state index contributed by atoms with van der Waals surface area (Å²) in [5, 5.41) is 2.70. The Bertz CT molecular complexity index is 523. The van der Waals surface area contributed by atoms with Crippen LogP contribution in [0.15, 0.2) is 30.3 Å². The van der Waals surface area contributed by atoms with Gasteiger partial charge in [0.1, 0.15) is 0 Å². The molecule has 1 saturated heterocycles. The number of nitrogens with one attached hydrogen (secondary N) is 1. The normalized spacial score (nSPS) is 16.7. The smallest absolute Gasteiger partial charge is 0.241 e. The van der Waals surface area contributed by atoms with Crippen LogP contribution in [0.1, 0.15) is 38.2 Å². The van der Waals surface area contributed by atoms with Crippen LogP contribution in [0, 0.1) is 5.92 Å². The van der Waals surface area contributed by atoms with Gasteiger partial charge in [-0.1, -0.05) is 30.3 Å². The number of likely N-dealkylation sites (tertiary alicyclic amines) is 1. The highest BCUT2D eigenvalue weighted by Crippen LogP contribution is 2.21. The van der Waals surface area contributed by atoms with Crippen molar-refractivity contribution in [2.75, 3.05) is 19.6 Å². The summed E-state index contributed by atoms with van der Waals surface area (Å²) in [5.41, 5.74) is 6.99. The quantitative estimate of drug-likeness (QED) is 0.799. The molecule has 0 radical (unpaired) electrons. The van der Waals surface area contributed by atoms with Crippen molar-refractivity contribution in [3.63, 3.8) is 0 Å². The Balaban J connectivity index is 1.66. The first kappa shape index (κ1) is 18.5. The summed E-state index contributed by atoms with van der Waals surface area (Å²) in [5.74, 6) is 0.555. The van der Waals surface area contributed by atoms with Gasteiger partial charge in [-0.25, -0.2) is 0 Å². The zero-order valence-corrected chi connectivity index (χ0v) is 14.5. The van der Waals surface area contributed by atoms with E-state index in [9.17, 15) is 9.59 Å². The van der Waals surface area contributed by atoms with Crippen molar-refractivity contribution in [3.8, 4) is 0 Å². The fourth-order valence-corrected chi connectivity index (χ4v) is 3.07. The summed E-state index contributed by atoms with van der Waals surface area (Å²) in [6.45, 7) is 3.54. The monoisotopic (exact) mass is 331 g/mol. The highest BCUT2D eigenvalue weighted by molar-refractivity contribution is 5.84. The molecule has 0 aromatic heterocycles. The van der Waals surface area contributed by atoms with E-state index in [2.05, 4.69) is 29.6 Å². The van der Waals surface area contributed by atoms with Gasteiger partial charge in [0.05, 0.1) is 6.54 Å². The van der Waals surface area contributed by atoms with Crippen LogP contribution < -0.4 is 11.1 Å². The second kappa shape index (κ2) is 9.42. The molecule has 3 N–H and O–H groups in total. The van der Waals surface area contributed by atoms with E-state index in [0.717, 1.165) is 32.4 Å². The third-order valence-corrected chi connectivity index (χ3v) is 4.60. The van der Waals surface area contributed by atoms with Crippen molar-refractivity contribution in [2.24, 2.45) is 11.7 Å². The average Bonchev–Trinajstić information content (AvgIpc) is 2.59. The van der Waals surface area contributed by atoms with E-state index < -0.39 is 0 Å². The molecule has 5 nitrogen and oxygen atoms in total. The first-order valence-corrected chi connectivity index (χ1v) is 8.88. The maximum Gasteiger partial charge on any atom is 0.241 e. The Hall–Kier alpha value is -1.88. The first-order chi connectivity index (χ1) is 11.5. The van der Waals surface area contributed by atoms with E-state index >= 15 is 0 Å². The molecule has 0 aliphatic carbocycles. The third-order valence-electron chi connectivity index (χ3n) is 4.60. The number of hydrogen-bond donors (Lipinski definition) is 2. The van der Waals surface area contributed by atoms with Gasteiger partial charge in [0.15, 0.2) is 0 Å². The Morgan fingerprint density at radius 2 is 1.92 bits per heavy atom. The number of piperidine rings is 1. The van der Waals surface area contributed by atoms with Gasteiger partial charge in [-0.05, 0) is 44.1 Å². The van der Waals surface area contributed by atoms with Gasteiger partial charge < -0.3 is 16.0 Å². The fraction of sp³-hybridized carbons (Fsp3) is 0.579. The number of nitrogens with two attached hydrogens (primary N) is 1. The standard InChI is InChI=1S/C19H29N3O2/c1-15(20)7-8-18(23)21-14-19(24)22-11-9-17(10-12-22)13-16-5-3-2-4-6-16/h2-6,15,17H,7-14,20H2,1H3,(H,21,23). The molecule has 1 aliphatic heterocycles. The molecule has 0 bridgehead atoms. The van der Waals surface area contributed by atoms with Gasteiger partial charge in [-0.15, -0.1) is 0 Å². The van der Waals surface area contributed by atoms with Crippen molar-refractivity contribution in [2.45, 2.75) is 45.1 Å². The zero-order valence-electron chi connectivity index (χ0n) is 14.5. The summed E-state index contributed by atoms with van der Waals surface area (Å²) < 4.78 is 0. The lowest BCUT2D eigenvalue weighted by molar-refractivity contribution is -0.134. The molecule has 1 aromatic rings. The number of benzene rings is 1. The predicted molar refractivity (Wildman–Crippen MR) is 95.3 cm³/mol. The van der Waals surface area contributed by atoms with Gasteiger partial charge in [0.2, 0.25) is 11.8 Å². The maximum atomic E-state index is 12.2. The highest BCUT2D eigenvalue weighted by Gasteiger charge is 2.23. The molecule has 5 heteroatoms. The summed E-state index contributed by atoms with van der Waals surface area (Å²) in [6, 6.07) is 10.5. The third kappa shape index (κ3) is 6.32. The van der Waals surface area contributed by atoms with Crippen LogP contribution in [0.2, 0.25) is 0 Å². The van der Waals surface area contributed by atoms with E-state index in [-0.39, 0.29) is 24.4 Å². The molecular formula is C19H29N3O2. The highest BCUT2D eigenvalue weighted by atomic mass is 16.2. The van der Waals surface area contributed by atoms with E-state index in [4.69, 9.17) is 5.73 Å². The molecule has 1 aliphatic rings. The lowest BCUT2D eigenvalue weighted by Crippen LogP contribution is -2.44. The van der Waals surface area contributed by atoms with Crippen molar-refractivity contribution >= 4 is 11.8 Å². The topological polar surface area (TPSA) is 75.4 Å². The number of rotatable bonds is 7. The number of nitrogens with zero attached hydrogens (tertiary/aromatic N) is 1. The number of carbonyl (C=O) groups excluding carboxylic acids is 2. The van der Waals surface area contributed by atoms with Crippen LogP contribution in [0.3, 0.4) is 0 Å². The first-order valence-electron chi connectivity index (χ1n) is 8.88. The molecule has 132 valence electrons. The van der Waals surface area contributed by atoms with E-state index in [0.29, 0.717) is 18.8 Å². The van der Waals surface area contributed by atoms with Gasteiger partial charge in [-0.2, -0.15) is 0 Å². The molecule has 1 fully saturated rings. The van der Waals surface area contributed by atoms with Crippen molar-refractivity contribution in [1.82, 2.24) is 10.2 Å². The molecule has 24 heavy (non-hydrogen) atoms. The van der Waals surface area contributed by atoms with Crippen molar-refractivity contribution < 1.29 is 9.59 Å². The molecule has 0 spiro atoms. The predicted octanol–water partition coefficient (Wildman–Crippen LogP) is 1.71. The minimum atomic E-state index is -0.0976. The van der Waals surface area contributed by atoms with Gasteiger partial charge in [-0.3, -0.25) is 9.59 Å². The molecule has 1 heterocycles. The zero-order chi connectivity index (χ0) is 17.4. The Labute approximate surface area is 144 Å². The molecule has 1 aromatic carbocycles. The summed E-state index contributed by atoms with van der Waals surface area (Å²) in [6.07, 6.45) is 4.16. The van der Waals surface area contributed by atoms with Crippen LogP contribution in [0.25, 0.3) is 0 Å². The number of hydrogen-bond acceptors (Lipinski definition) is 3. The minimum Gasteiger partial charge on any atom is -0.347 e. The van der Waals surface area contributed by atoms with Crippen LogP contribution >= 0.6 is 0 Å². The lowest BCUT2D eigenvalue weighted by Gasteiger charge is -2.32. The maximum absolute atomic E-state index is 12.2. The lowest BCUT2D eigenvalue weighted by atomic mass is 9.90. The second-order valence-electron chi connectivity index (χ2n) is 6.81. The van der Waals surface area contributed by atoms with E-state index in [1.807, 2.05) is 17.9 Å². The summed E-state index contributed by atoms with van der Waals surface area (Å²) >= 11 is 0. The number of carbonyl (C=O) groups is 2. The summed E-state index contributed by atoms with van der Waals surface area (Å²) in [4.78, 5) is 25.7. The van der Waals surface area contributed by atoms with Crippen LogP contribution in [-0.4, -0.2) is 42.4 Å². The van der Waals surface area contributed by atoms with Crippen molar-refractivity contribution in [3.05, 3.63) is 35.9 Å². The number of amides is 2. The van der Waals surface area contributed by atoms with E-state index in [1.165, 1.54) is 5.56 Å². The molecule has 2 rings (SSSR count). The second-order valence-corrected chi connectivity index (χ2v) is 6.81. The van der Waals surface area contributed by atoms with Crippen LogP contribution in [-0.2, 0) is 16.0 Å². The Morgan fingerprint density at radius 1 is 1.25 bits per heavy atom. The minimum absolute atomic E-state index is 0.00935. The van der Waals surface area contributed by atoms with Crippen LogP contribution in [0.4, 0.5) is 0 Å². The van der Waals surface area contributed by atoms with Gasteiger partial charge >= 0.3 is 0 Å². The fourth-order valence-electron chi connectivity index (χ4n) is 3.07. The molecule has 1 unspecified atom stereocenters. The SMILES string of the molecule is CC(N)CCC(=O)NCC(=O)N1CCC(Cc2ccccc2)CC1. The molecule has 2 amide bonds. The van der Waals surface area contributed by atoms with Crippen molar-refractivity contribution in [1.29, 1.82) is 0 Å². The average molecular weight is 331 g/mol. The Morgan fingerprint density at radius 3 is 2.54 bits per heavy atom. The van der Waals surface area contributed by atoms with Gasteiger partial charge in [0.25, 0.3) is 0 Å². The molecular weight excluding hydrogens is 302 g/mol. The largest absolute Gasteiger partial charge is 0.347 e. The van der Waals surface area contributed by atoms with E-state index in [1.54, 1.807) is 0 Å². The Kier molecular flexibility index (Phi) is 7.25. The molecule has 1 atom stereocenters. The van der Waals surface area contributed by atoms with Crippen LogP contribution in [0.5, 0.6) is 0 Å². The summed E-state index contributed by atoms with van der Waals surface area (Å²) in [7, 11) is 0. The molecule has 0 saturated carbocycles. The van der Waals surface area contributed by atoms with Gasteiger partial charge in [0, 0.05) is 25.6 Å².